The monoisotopic (exact) mass is 485 g/mol. The van der Waals surface area contributed by atoms with Gasteiger partial charge in [-0.3, -0.25) is 4.79 Å². The van der Waals surface area contributed by atoms with Gasteiger partial charge in [0.25, 0.3) is 0 Å². The average Bonchev–Trinajstić information content (AvgIpc) is 2.78. The van der Waals surface area contributed by atoms with Gasteiger partial charge in [-0.1, -0.05) is 26.8 Å². The first-order valence-electron chi connectivity index (χ1n) is 12.4. The highest BCUT2D eigenvalue weighted by molar-refractivity contribution is 6.04. The van der Waals surface area contributed by atoms with E-state index in [1.54, 1.807) is 7.11 Å². The lowest BCUT2D eigenvalue weighted by Gasteiger charge is -2.39. The lowest BCUT2D eigenvalue weighted by molar-refractivity contribution is -0.141. The maximum atomic E-state index is 13.5. The van der Waals surface area contributed by atoms with Gasteiger partial charge < -0.3 is 24.3 Å². The minimum atomic E-state index is -0.553. The second-order valence-corrected chi connectivity index (χ2v) is 10.2. The fraction of sp³-hybridized carbons (Fsp3) is 0.571. The van der Waals surface area contributed by atoms with Crippen molar-refractivity contribution in [1.29, 1.82) is 0 Å². The third-order valence-electron chi connectivity index (χ3n) is 6.21. The van der Waals surface area contributed by atoms with Crippen molar-refractivity contribution in [2.24, 2.45) is 5.41 Å². The SMILES string of the molecule is CCCOc1ccc([C@@H]2C(C(=O)OCCOC(C)C)=C(C)NC3=C2C(=O)CC(C)(C)C3)cc1OC. The van der Waals surface area contributed by atoms with Crippen molar-refractivity contribution in [3.8, 4) is 11.5 Å². The molecular formula is C28H39NO6. The Labute approximate surface area is 208 Å². The largest absolute Gasteiger partial charge is 0.493 e. The maximum absolute atomic E-state index is 13.5. The molecule has 0 radical (unpaired) electrons. The number of rotatable bonds is 10. The Bertz CT molecular complexity index is 1020. The van der Waals surface area contributed by atoms with Crippen LogP contribution in [0.2, 0.25) is 0 Å². The van der Waals surface area contributed by atoms with Crippen LogP contribution in [0.15, 0.2) is 40.7 Å². The Kier molecular flexibility index (Phi) is 8.65. The highest BCUT2D eigenvalue weighted by atomic mass is 16.6. The van der Waals surface area contributed by atoms with Crippen LogP contribution in [0.1, 0.15) is 72.3 Å². The number of esters is 1. The number of methoxy groups -OCH3 is 1. The molecule has 192 valence electrons. The molecule has 0 amide bonds. The average molecular weight is 486 g/mol. The second kappa shape index (κ2) is 11.3. The molecule has 7 nitrogen and oxygen atoms in total. The Morgan fingerprint density at radius 2 is 1.89 bits per heavy atom. The van der Waals surface area contributed by atoms with Crippen LogP contribution in [-0.4, -0.2) is 44.8 Å². The molecule has 2 aliphatic rings. The summed E-state index contributed by atoms with van der Waals surface area (Å²) in [4.78, 5) is 26.8. The zero-order valence-corrected chi connectivity index (χ0v) is 22.1. The third kappa shape index (κ3) is 6.26. The van der Waals surface area contributed by atoms with Crippen LogP contribution in [0, 0.1) is 5.41 Å². The fourth-order valence-electron chi connectivity index (χ4n) is 4.73. The van der Waals surface area contributed by atoms with E-state index in [0.29, 0.717) is 48.0 Å². The van der Waals surface area contributed by atoms with Gasteiger partial charge in [0.15, 0.2) is 17.3 Å². The molecule has 7 heteroatoms. The Morgan fingerprint density at radius 1 is 1.14 bits per heavy atom. The molecule has 1 aromatic rings. The number of dihydropyridines is 1. The van der Waals surface area contributed by atoms with Crippen LogP contribution in [0.4, 0.5) is 0 Å². The molecule has 1 aromatic carbocycles. The zero-order chi connectivity index (χ0) is 25.8. The van der Waals surface area contributed by atoms with Crippen LogP contribution in [0.3, 0.4) is 0 Å². The van der Waals surface area contributed by atoms with Crippen molar-refractivity contribution < 1.29 is 28.5 Å². The molecule has 1 aliphatic carbocycles. The minimum absolute atomic E-state index is 0.0416. The molecule has 3 rings (SSSR count). The summed E-state index contributed by atoms with van der Waals surface area (Å²) in [6.45, 7) is 13.0. The molecule has 0 saturated heterocycles. The van der Waals surface area contributed by atoms with Crippen LogP contribution in [-0.2, 0) is 19.1 Å². The summed E-state index contributed by atoms with van der Waals surface area (Å²) in [7, 11) is 1.59. The number of nitrogens with one attached hydrogen (secondary N) is 1. The van der Waals surface area contributed by atoms with Crippen molar-refractivity contribution in [2.75, 3.05) is 26.9 Å². The van der Waals surface area contributed by atoms with Gasteiger partial charge in [-0.15, -0.1) is 0 Å². The lowest BCUT2D eigenvalue weighted by atomic mass is 9.68. The van der Waals surface area contributed by atoms with Crippen LogP contribution in [0.25, 0.3) is 0 Å². The predicted octanol–water partition coefficient (Wildman–Crippen LogP) is 5.06. The Balaban J connectivity index is 2.03. The normalized spacial score (nSPS) is 19.4. The highest BCUT2D eigenvalue weighted by Crippen LogP contribution is 2.47. The van der Waals surface area contributed by atoms with Gasteiger partial charge in [-0.2, -0.15) is 0 Å². The van der Waals surface area contributed by atoms with E-state index in [-0.39, 0.29) is 23.9 Å². The topological polar surface area (TPSA) is 83.1 Å². The van der Waals surface area contributed by atoms with Crippen LogP contribution < -0.4 is 14.8 Å². The number of ketones is 1. The first-order valence-corrected chi connectivity index (χ1v) is 12.4. The summed E-state index contributed by atoms with van der Waals surface area (Å²) in [5, 5.41) is 3.36. The van der Waals surface area contributed by atoms with Gasteiger partial charge in [0, 0.05) is 29.3 Å². The van der Waals surface area contributed by atoms with Gasteiger partial charge in [0.05, 0.1) is 32.0 Å². The number of carbonyl (C=O) groups is 2. The molecule has 0 unspecified atom stereocenters. The van der Waals surface area contributed by atoms with E-state index >= 15 is 0 Å². The number of Topliss-reactive ketones (excluding diaryl/α,β-unsaturated/α-hetero) is 1. The molecule has 0 aromatic heterocycles. The van der Waals surface area contributed by atoms with E-state index in [1.165, 1.54) is 0 Å². The smallest absolute Gasteiger partial charge is 0.336 e. The van der Waals surface area contributed by atoms with E-state index in [9.17, 15) is 9.59 Å². The first-order chi connectivity index (χ1) is 16.6. The molecule has 0 spiro atoms. The van der Waals surface area contributed by atoms with Crippen molar-refractivity contribution in [2.45, 2.75) is 72.8 Å². The van der Waals surface area contributed by atoms with Crippen LogP contribution >= 0.6 is 0 Å². The second-order valence-electron chi connectivity index (χ2n) is 10.2. The van der Waals surface area contributed by atoms with Crippen molar-refractivity contribution in [3.63, 3.8) is 0 Å². The quantitative estimate of drug-likeness (QED) is 0.366. The van der Waals surface area contributed by atoms with Crippen LogP contribution in [0.5, 0.6) is 11.5 Å². The van der Waals surface area contributed by atoms with E-state index in [1.807, 2.05) is 45.9 Å². The van der Waals surface area contributed by atoms with Gasteiger partial charge >= 0.3 is 5.97 Å². The lowest BCUT2D eigenvalue weighted by Crippen LogP contribution is -2.38. The Morgan fingerprint density at radius 3 is 2.54 bits per heavy atom. The molecular weight excluding hydrogens is 446 g/mol. The van der Waals surface area contributed by atoms with Gasteiger partial charge in [0.1, 0.15) is 6.61 Å². The van der Waals surface area contributed by atoms with Crippen molar-refractivity contribution in [3.05, 3.63) is 46.3 Å². The summed E-state index contributed by atoms with van der Waals surface area (Å²) in [6.07, 6.45) is 2.07. The summed E-state index contributed by atoms with van der Waals surface area (Å²) >= 11 is 0. The fourth-order valence-corrected chi connectivity index (χ4v) is 4.73. The number of hydrogen-bond acceptors (Lipinski definition) is 7. The molecule has 1 N–H and O–H groups in total. The Hall–Kier alpha value is -2.80. The van der Waals surface area contributed by atoms with Gasteiger partial charge in [0.2, 0.25) is 0 Å². The standard InChI is InChI=1S/C28H39NO6/c1-8-11-34-22-10-9-19(14-23(22)32-7)25-24(27(31)35-13-12-33-17(2)3)18(4)29-20-15-28(5,6)16-21(30)26(20)25/h9-10,14,17,25,29H,8,11-13,15-16H2,1-7H3/t25-/m1/s1. The number of benzene rings is 1. The first kappa shape index (κ1) is 26.8. The summed E-state index contributed by atoms with van der Waals surface area (Å²) < 4.78 is 22.5. The molecule has 1 atom stereocenters. The number of carbonyl (C=O) groups excluding carboxylic acids is 2. The number of allylic oxidation sites excluding steroid dienone is 3. The number of ether oxygens (including phenoxy) is 4. The minimum Gasteiger partial charge on any atom is -0.493 e. The molecule has 1 aliphatic heterocycles. The highest BCUT2D eigenvalue weighted by Gasteiger charge is 2.43. The van der Waals surface area contributed by atoms with E-state index in [0.717, 1.165) is 24.1 Å². The molecule has 0 fully saturated rings. The van der Waals surface area contributed by atoms with Crippen molar-refractivity contribution >= 4 is 11.8 Å². The van der Waals surface area contributed by atoms with E-state index in [4.69, 9.17) is 18.9 Å². The van der Waals surface area contributed by atoms with Gasteiger partial charge in [-0.25, -0.2) is 4.79 Å². The summed E-state index contributed by atoms with van der Waals surface area (Å²) in [5.41, 5.74) is 3.26. The molecule has 0 saturated carbocycles. The van der Waals surface area contributed by atoms with E-state index in [2.05, 4.69) is 19.2 Å². The molecule has 1 heterocycles. The molecule has 0 bridgehead atoms. The number of hydrogen-bond donors (Lipinski definition) is 1. The van der Waals surface area contributed by atoms with Crippen molar-refractivity contribution in [1.82, 2.24) is 5.32 Å². The molecule has 35 heavy (non-hydrogen) atoms. The maximum Gasteiger partial charge on any atom is 0.336 e. The summed E-state index contributed by atoms with van der Waals surface area (Å²) in [5.74, 6) is 0.230. The third-order valence-corrected chi connectivity index (χ3v) is 6.21. The van der Waals surface area contributed by atoms with E-state index < -0.39 is 11.9 Å². The predicted molar refractivity (Wildman–Crippen MR) is 134 cm³/mol. The van der Waals surface area contributed by atoms with Gasteiger partial charge in [-0.05, 0) is 56.7 Å². The zero-order valence-electron chi connectivity index (χ0n) is 22.1. The summed E-state index contributed by atoms with van der Waals surface area (Å²) in [6, 6.07) is 5.61.